The van der Waals surface area contributed by atoms with Gasteiger partial charge in [-0.25, -0.2) is 4.98 Å². The van der Waals surface area contributed by atoms with Gasteiger partial charge in [-0.1, -0.05) is 12.1 Å². The van der Waals surface area contributed by atoms with Crippen molar-refractivity contribution < 1.29 is 9.53 Å². The van der Waals surface area contributed by atoms with Gasteiger partial charge < -0.3 is 15.0 Å². The Balaban J connectivity index is 2.27. The molecular weight excluding hydrogens is 242 g/mol. The lowest BCUT2D eigenvalue weighted by atomic mass is 10.1. The van der Waals surface area contributed by atoms with Crippen LogP contribution in [-0.4, -0.2) is 28.5 Å². The molecule has 19 heavy (non-hydrogen) atoms. The second-order valence-corrected chi connectivity index (χ2v) is 4.04. The zero-order chi connectivity index (χ0) is 13.7. The number of rotatable bonds is 6. The van der Waals surface area contributed by atoms with Crippen molar-refractivity contribution >= 4 is 5.78 Å². The molecule has 0 aliphatic carbocycles. The molecule has 0 unspecified atom stereocenters. The van der Waals surface area contributed by atoms with Crippen molar-refractivity contribution in [2.45, 2.75) is 13.5 Å². The summed E-state index contributed by atoms with van der Waals surface area (Å²) in [5.74, 6) is 0.447. The van der Waals surface area contributed by atoms with Crippen LogP contribution < -0.4 is 10.5 Å². The van der Waals surface area contributed by atoms with Crippen LogP contribution in [0.5, 0.6) is 5.75 Å². The maximum Gasteiger partial charge on any atom is 0.216 e. The zero-order valence-electron chi connectivity index (χ0n) is 10.9. The summed E-state index contributed by atoms with van der Waals surface area (Å²) in [6.07, 6.45) is 3.32. The van der Waals surface area contributed by atoms with Crippen molar-refractivity contribution in [1.82, 2.24) is 9.55 Å². The van der Waals surface area contributed by atoms with Gasteiger partial charge in [0, 0.05) is 19.3 Å². The Morgan fingerprint density at radius 2 is 2.21 bits per heavy atom. The molecular formula is C14H17N3O2. The molecule has 1 heterocycles. The van der Waals surface area contributed by atoms with Gasteiger partial charge in [-0.2, -0.15) is 0 Å². The molecule has 2 aromatic rings. The average Bonchev–Trinajstić information content (AvgIpc) is 2.88. The molecule has 0 aliphatic rings. The number of ketones is 1. The number of nitrogens with two attached hydrogens (primary N) is 1. The molecule has 0 amide bonds. The summed E-state index contributed by atoms with van der Waals surface area (Å²) in [4.78, 5) is 16.5. The van der Waals surface area contributed by atoms with Gasteiger partial charge in [-0.15, -0.1) is 0 Å². The van der Waals surface area contributed by atoms with E-state index in [1.807, 2.05) is 19.1 Å². The summed E-state index contributed by atoms with van der Waals surface area (Å²) >= 11 is 0. The molecule has 0 spiro atoms. The molecule has 5 heteroatoms. The van der Waals surface area contributed by atoms with Crippen molar-refractivity contribution in [2.24, 2.45) is 5.73 Å². The van der Waals surface area contributed by atoms with Crippen LogP contribution in [0, 0.1) is 0 Å². The van der Waals surface area contributed by atoms with Gasteiger partial charge in [0.2, 0.25) is 5.78 Å². The number of imidazole rings is 1. The fourth-order valence-electron chi connectivity index (χ4n) is 1.82. The lowest BCUT2D eigenvalue weighted by Gasteiger charge is -2.07. The van der Waals surface area contributed by atoms with Gasteiger partial charge in [-0.3, -0.25) is 4.79 Å². The summed E-state index contributed by atoms with van der Waals surface area (Å²) in [5, 5.41) is 0. The lowest BCUT2D eigenvalue weighted by Crippen LogP contribution is -2.08. The molecule has 100 valence electrons. The van der Waals surface area contributed by atoms with Crippen molar-refractivity contribution in [3.63, 3.8) is 0 Å². The van der Waals surface area contributed by atoms with E-state index >= 15 is 0 Å². The molecule has 0 fully saturated rings. The smallest absolute Gasteiger partial charge is 0.216 e. The van der Waals surface area contributed by atoms with E-state index in [4.69, 9.17) is 10.5 Å². The number of para-hydroxylation sites is 1. The first-order chi connectivity index (χ1) is 9.26. The van der Waals surface area contributed by atoms with Crippen LogP contribution in [0.2, 0.25) is 0 Å². The van der Waals surface area contributed by atoms with E-state index < -0.39 is 0 Å². The third kappa shape index (κ3) is 3.00. The lowest BCUT2D eigenvalue weighted by molar-refractivity contribution is 0.103. The highest BCUT2D eigenvalue weighted by Crippen LogP contribution is 2.20. The first-order valence-electron chi connectivity index (χ1n) is 6.24. The summed E-state index contributed by atoms with van der Waals surface area (Å²) in [6, 6.07) is 7.18. The van der Waals surface area contributed by atoms with Gasteiger partial charge >= 0.3 is 0 Å². The molecule has 2 N–H and O–H groups in total. The first-order valence-corrected chi connectivity index (χ1v) is 6.24. The summed E-state index contributed by atoms with van der Waals surface area (Å²) < 4.78 is 7.26. The SMILES string of the molecule is CCOc1ccccc1C(=O)c1cn(CCN)cn1. The minimum atomic E-state index is -0.139. The van der Waals surface area contributed by atoms with Crippen LogP contribution in [0.3, 0.4) is 0 Å². The predicted octanol–water partition coefficient (Wildman–Crippen LogP) is 1.47. The molecule has 1 aromatic carbocycles. The second-order valence-electron chi connectivity index (χ2n) is 4.04. The molecule has 0 aliphatic heterocycles. The predicted molar refractivity (Wildman–Crippen MR) is 72.3 cm³/mol. The topological polar surface area (TPSA) is 70.1 Å². The van der Waals surface area contributed by atoms with Crippen LogP contribution in [0.4, 0.5) is 0 Å². The Kier molecular flexibility index (Phi) is 4.30. The van der Waals surface area contributed by atoms with E-state index in [1.165, 1.54) is 0 Å². The number of hydrogen-bond acceptors (Lipinski definition) is 4. The minimum Gasteiger partial charge on any atom is -0.493 e. The summed E-state index contributed by atoms with van der Waals surface area (Å²) in [7, 11) is 0. The molecule has 0 radical (unpaired) electrons. The number of ether oxygens (including phenoxy) is 1. The number of nitrogens with zero attached hydrogens (tertiary/aromatic N) is 2. The average molecular weight is 259 g/mol. The Morgan fingerprint density at radius 3 is 2.95 bits per heavy atom. The van der Waals surface area contributed by atoms with Crippen LogP contribution in [0.15, 0.2) is 36.8 Å². The maximum atomic E-state index is 12.4. The van der Waals surface area contributed by atoms with Gasteiger partial charge in [0.05, 0.1) is 18.5 Å². The maximum absolute atomic E-state index is 12.4. The van der Waals surface area contributed by atoms with Crippen LogP contribution in [-0.2, 0) is 6.54 Å². The fourth-order valence-corrected chi connectivity index (χ4v) is 1.82. The third-order valence-corrected chi connectivity index (χ3v) is 2.68. The second kappa shape index (κ2) is 6.15. The minimum absolute atomic E-state index is 0.139. The fraction of sp³-hybridized carbons (Fsp3) is 0.286. The first kappa shape index (κ1) is 13.3. The number of carbonyl (C=O) groups excluding carboxylic acids is 1. The van der Waals surface area contributed by atoms with Crippen molar-refractivity contribution in [3.8, 4) is 5.75 Å². The molecule has 2 rings (SSSR count). The van der Waals surface area contributed by atoms with Gasteiger partial charge in [0.25, 0.3) is 0 Å². The van der Waals surface area contributed by atoms with Gasteiger partial charge in [-0.05, 0) is 19.1 Å². The quantitative estimate of drug-likeness (QED) is 0.797. The van der Waals surface area contributed by atoms with E-state index in [2.05, 4.69) is 4.98 Å². The molecule has 0 saturated carbocycles. The van der Waals surface area contributed by atoms with Crippen molar-refractivity contribution in [3.05, 3.63) is 48.0 Å². The number of aromatic nitrogens is 2. The molecule has 1 aromatic heterocycles. The van der Waals surface area contributed by atoms with E-state index in [0.29, 0.717) is 36.7 Å². The third-order valence-electron chi connectivity index (χ3n) is 2.68. The van der Waals surface area contributed by atoms with Crippen LogP contribution in [0.25, 0.3) is 0 Å². The molecule has 0 saturated heterocycles. The largest absolute Gasteiger partial charge is 0.493 e. The normalized spacial score (nSPS) is 10.4. The Morgan fingerprint density at radius 1 is 1.42 bits per heavy atom. The highest BCUT2D eigenvalue weighted by atomic mass is 16.5. The van der Waals surface area contributed by atoms with E-state index in [-0.39, 0.29) is 5.78 Å². The standard InChI is InChI=1S/C14H17N3O2/c1-2-19-13-6-4-3-5-11(13)14(18)12-9-17(8-7-15)10-16-12/h3-6,9-10H,2,7-8,15H2,1H3. The highest BCUT2D eigenvalue weighted by molar-refractivity contribution is 6.09. The monoisotopic (exact) mass is 259 g/mol. The number of hydrogen-bond donors (Lipinski definition) is 1. The van der Waals surface area contributed by atoms with E-state index in [1.54, 1.807) is 29.2 Å². The molecule has 5 nitrogen and oxygen atoms in total. The van der Waals surface area contributed by atoms with Crippen molar-refractivity contribution in [1.29, 1.82) is 0 Å². The van der Waals surface area contributed by atoms with E-state index in [0.717, 1.165) is 0 Å². The summed E-state index contributed by atoms with van der Waals surface area (Å²) in [5.41, 5.74) is 6.40. The van der Waals surface area contributed by atoms with Crippen molar-refractivity contribution in [2.75, 3.05) is 13.2 Å². The Bertz CT molecular complexity index is 563. The zero-order valence-corrected chi connectivity index (χ0v) is 10.9. The number of benzene rings is 1. The van der Waals surface area contributed by atoms with Gasteiger partial charge in [0.1, 0.15) is 11.4 Å². The van der Waals surface area contributed by atoms with Crippen LogP contribution >= 0.6 is 0 Å². The molecule has 0 bridgehead atoms. The van der Waals surface area contributed by atoms with Crippen LogP contribution in [0.1, 0.15) is 23.0 Å². The Hall–Kier alpha value is -2.14. The Labute approximate surface area is 112 Å². The summed E-state index contributed by atoms with van der Waals surface area (Å²) in [6.45, 7) is 3.57. The number of carbonyl (C=O) groups is 1. The van der Waals surface area contributed by atoms with Gasteiger partial charge in [0.15, 0.2) is 0 Å². The molecule has 0 atom stereocenters. The van der Waals surface area contributed by atoms with E-state index in [9.17, 15) is 4.79 Å². The highest BCUT2D eigenvalue weighted by Gasteiger charge is 2.16.